The van der Waals surface area contributed by atoms with E-state index < -0.39 is 5.97 Å². The monoisotopic (exact) mass is 198 g/mol. The highest BCUT2D eigenvalue weighted by Gasteiger charge is 2.37. The minimum Gasteiger partial charge on any atom is -0.481 e. The molecule has 1 saturated carbocycles. The normalized spacial score (nSPS) is 27.6. The lowest BCUT2D eigenvalue weighted by Gasteiger charge is -2.21. The Bertz CT molecular complexity index is 250. The number of aliphatic carboxylic acids is 1. The average molecular weight is 198 g/mol. The third-order valence-electron chi connectivity index (χ3n) is 2.89. The van der Waals surface area contributed by atoms with Crippen LogP contribution < -0.4 is 0 Å². The Hall–Kier alpha value is -0.860. The number of rotatable bonds is 2. The highest BCUT2D eigenvalue weighted by Crippen LogP contribution is 2.35. The van der Waals surface area contributed by atoms with Gasteiger partial charge in [-0.2, -0.15) is 0 Å². The van der Waals surface area contributed by atoms with Crippen LogP contribution in [0.3, 0.4) is 0 Å². The molecule has 0 heterocycles. The van der Waals surface area contributed by atoms with Gasteiger partial charge < -0.3 is 5.11 Å². The van der Waals surface area contributed by atoms with E-state index in [9.17, 15) is 9.59 Å². The molecule has 14 heavy (non-hydrogen) atoms. The van der Waals surface area contributed by atoms with Gasteiger partial charge in [-0.25, -0.2) is 0 Å². The Labute approximate surface area is 84.5 Å². The molecule has 0 aliphatic heterocycles. The quantitative estimate of drug-likeness (QED) is 0.739. The second kappa shape index (κ2) is 3.71. The van der Waals surface area contributed by atoms with Crippen molar-refractivity contribution in [3.8, 4) is 0 Å². The molecule has 0 bridgehead atoms. The zero-order valence-corrected chi connectivity index (χ0v) is 9.04. The van der Waals surface area contributed by atoms with Gasteiger partial charge in [0.15, 0.2) is 0 Å². The Morgan fingerprint density at radius 2 is 1.64 bits per heavy atom. The Balaban J connectivity index is 2.59. The molecule has 0 saturated heterocycles. The zero-order valence-electron chi connectivity index (χ0n) is 9.04. The van der Waals surface area contributed by atoms with Gasteiger partial charge in [-0.15, -0.1) is 0 Å². The molecule has 1 rings (SSSR count). The number of carbonyl (C=O) groups is 2. The topological polar surface area (TPSA) is 54.4 Å². The molecule has 0 spiro atoms. The van der Waals surface area contributed by atoms with Crippen molar-refractivity contribution in [1.29, 1.82) is 0 Å². The standard InChI is InChI=1S/C11H18O3/c1-11(2,3)9(12)7-4-5-8(6-7)10(13)14/h7-8H,4-6H2,1-3H3,(H,13,14). The third kappa shape index (κ3) is 2.34. The van der Waals surface area contributed by atoms with Gasteiger partial charge in [0, 0.05) is 11.3 Å². The molecule has 0 aromatic carbocycles. The fourth-order valence-electron chi connectivity index (χ4n) is 2.06. The van der Waals surface area contributed by atoms with Crippen LogP contribution in [0.15, 0.2) is 0 Å². The van der Waals surface area contributed by atoms with E-state index in [0.717, 1.165) is 6.42 Å². The minimum absolute atomic E-state index is 0.0314. The first-order valence-corrected chi connectivity index (χ1v) is 5.09. The van der Waals surface area contributed by atoms with Gasteiger partial charge in [0.1, 0.15) is 5.78 Å². The predicted molar refractivity (Wildman–Crippen MR) is 52.9 cm³/mol. The lowest BCUT2D eigenvalue weighted by molar-refractivity contribution is -0.141. The largest absolute Gasteiger partial charge is 0.481 e. The van der Waals surface area contributed by atoms with Crippen LogP contribution in [0.1, 0.15) is 40.0 Å². The number of ketones is 1. The van der Waals surface area contributed by atoms with E-state index >= 15 is 0 Å². The van der Waals surface area contributed by atoms with Gasteiger partial charge in [-0.3, -0.25) is 9.59 Å². The molecule has 1 aliphatic carbocycles. The molecule has 0 aromatic heterocycles. The molecule has 1 fully saturated rings. The number of carboxylic acid groups (broad SMARTS) is 1. The molecule has 3 heteroatoms. The zero-order chi connectivity index (χ0) is 10.9. The van der Waals surface area contributed by atoms with E-state index in [-0.39, 0.29) is 23.0 Å². The van der Waals surface area contributed by atoms with Crippen molar-refractivity contribution in [1.82, 2.24) is 0 Å². The SMILES string of the molecule is CC(C)(C)C(=O)C1CCC(C(=O)O)C1. The van der Waals surface area contributed by atoms with Crippen LogP contribution in [0, 0.1) is 17.3 Å². The lowest BCUT2D eigenvalue weighted by atomic mass is 9.82. The maximum Gasteiger partial charge on any atom is 0.306 e. The molecule has 0 amide bonds. The van der Waals surface area contributed by atoms with E-state index in [4.69, 9.17) is 5.11 Å². The van der Waals surface area contributed by atoms with Crippen molar-refractivity contribution in [3.05, 3.63) is 0 Å². The van der Waals surface area contributed by atoms with Gasteiger partial charge in [0.25, 0.3) is 0 Å². The lowest BCUT2D eigenvalue weighted by Crippen LogP contribution is -2.27. The first-order chi connectivity index (χ1) is 6.32. The van der Waals surface area contributed by atoms with Crippen LogP contribution in [0.25, 0.3) is 0 Å². The maximum atomic E-state index is 11.8. The summed E-state index contributed by atoms with van der Waals surface area (Å²) in [5, 5.41) is 8.80. The average Bonchev–Trinajstić information content (AvgIpc) is 2.48. The summed E-state index contributed by atoms with van der Waals surface area (Å²) in [5.74, 6) is -0.877. The molecular formula is C11H18O3. The number of hydrogen-bond acceptors (Lipinski definition) is 2. The summed E-state index contributed by atoms with van der Waals surface area (Å²) in [6, 6.07) is 0. The summed E-state index contributed by atoms with van der Waals surface area (Å²) in [6.07, 6.45) is 1.93. The van der Waals surface area contributed by atoms with E-state index in [2.05, 4.69) is 0 Å². The van der Waals surface area contributed by atoms with Crippen molar-refractivity contribution in [2.45, 2.75) is 40.0 Å². The van der Waals surface area contributed by atoms with Crippen LogP contribution in [-0.2, 0) is 9.59 Å². The van der Waals surface area contributed by atoms with Crippen molar-refractivity contribution in [2.24, 2.45) is 17.3 Å². The summed E-state index contributed by atoms with van der Waals surface area (Å²) in [6.45, 7) is 5.68. The maximum absolute atomic E-state index is 11.8. The molecule has 1 aliphatic rings. The minimum atomic E-state index is -0.755. The van der Waals surface area contributed by atoms with Crippen molar-refractivity contribution in [2.75, 3.05) is 0 Å². The van der Waals surface area contributed by atoms with E-state index in [1.807, 2.05) is 20.8 Å². The predicted octanol–water partition coefficient (Wildman–Crippen LogP) is 2.10. The van der Waals surface area contributed by atoms with E-state index in [1.54, 1.807) is 0 Å². The van der Waals surface area contributed by atoms with Gasteiger partial charge in [-0.05, 0) is 19.3 Å². The van der Waals surface area contributed by atoms with Gasteiger partial charge in [0.05, 0.1) is 5.92 Å². The molecule has 2 atom stereocenters. The summed E-state index contributed by atoms with van der Waals surface area (Å²) >= 11 is 0. The van der Waals surface area contributed by atoms with Crippen LogP contribution >= 0.6 is 0 Å². The molecular weight excluding hydrogens is 180 g/mol. The van der Waals surface area contributed by atoms with E-state index in [0.29, 0.717) is 12.8 Å². The van der Waals surface area contributed by atoms with Crippen LogP contribution in [0.2, 0.25) is 0 Å². The van der Waals surface area contributed by atoms with Crippen LogP contribution in [0.4, 0.5) is 0 Å². The third-order valence-corrected chi connectivity index (χ3v) is 2.89. The summed E-state index contributed by atoms with van der Waals surface area (Å²) in [4.78, 5) is 22.6. The van der Waals surface area contributed by atoms with Gasteiger partial charge in [0.2, 0.25) is 0 Å². The molecule has 1 N–H and O–H groups in total. The highest BCUT2D eigenvalue weighted by atomic mass is 16.4. The highest BCUT2D eigenvalue weighted by molar-refractivity contribution is 5.87. The fourth-order valence-corrected chi connectivity index (χ4v) is 2.06. The fraction of sp³-hybridized carbons (Fsp3) is 0.818. The number of carbonyl (C=O) groups excluding carboxylic acids is 1. The molecule has 80 valence electrons. The number of carboxylic acids is 1. The van der Waals surface area contributed by atoms with Crippen molar-refractivity contribution < 1.29 is 14.7 Å². The second-order valence-corrected chi connectivity index (χ2v) is 5.16. The Morgan fingerprint density at radius 3 is 2.00 bits per heavy atom. The second-order valence-electron chi connectivity index (χ2n) is 5.16. The van der Waals surface area contributed by atoms with Crippen LogP contribution in [-0.4, -0.2) is 16.9 Å². The molecule has 3 nitrogen and oxygen atoms in total. The summed E-state index contributed by atoms with van der Waals surface area (Å²) in [7, 11) is 0. The Kier molecular flexibility index (Phi) is 2.98. The summed E-state index contributed by atoms with van der Waals surface area (Å²) < 4.78 is 0. The van der Waals surface area contributed by atoms with Gasteiger partial charge in [-0.1, -0.05) is 20.8 Å². The summed E-state index contributed by atoms with van der Waals surface area (Å²) in [5.41, 5.74) is -0.335. The molecule has 0 aromatic rings. The molecule has 2 unspecified atom stereocenters. The molecule has 0 radical (unpaired) electrons. The number of Topliss-reactive ketones (excluding diaryl/α,β-unsaturated/α-hetero) is 1. The Morgan fingerprint density at radius 1 is 1.14 bits per heavy atom. The van der Waals surface area contributed by atoms with Crippen molar-refractivity contribution >= 4 is 11.8 Å². The first kappa shape index (κ1) is 11.2. The smallest absolute Gasteiger partial charge is 0.306 e. The first-order valence-electron chi connectivity index (χ1n) is 5.09. The van der Waals surface area contributed by atoms with E-state index in [1.165, 1.54) is 0 Å². The number of hydrogen-bond donors (Lipinski definition) is 1. The van der Waals surface area contributed by atoms with Crippen molar-refractivity contribution in [3.63, 3.8) is 0 Å². The van der Waals surface area contributed by atoms with Gasteiger partial charge >= 0.3 is 5.97 Å². The van der Waals surface area contributed by atoms with Crippen LogP contribution in [0.5, 0.6) is 0 Å².